The van der Waals surface area contributed by atoms with Gasteiger partial charge in [0.15, 0.2) is 34.9 Å². The normalized spacial score (nSPS) is 23.2. The molecular weight excluding hydrogens is 1830 g/mol. The predicted molar refractivity (Wildman–Crippen MR) is 555 cm³/mol. The van der Waals surface area contributed by atoms with E-state index in [9.17, 15) is 37.1 Å². The number of amides is 5. The summed E-state index contributed by atoms with van der Waals surface area (Å²) in [6.07, 6.45) is 36.2. The summed E-state index contributed by atoms with van der Waals surface area (Å²) >= 11 is 0. The first-order valence-corrected chi connectivity index (χ1v) is 53.2. The first-order chi connectivity index (χ1) is 70.5. The Balaban J connectivity index is 0.000000120. The number of fused-ring (bicyclic) bond motifs is 9. The van der Waals surface area contributed by atoms with Crippen molar-refractivity contribution in [2.45, 2.75) is 267 Å². The number of nitrogens with one attached hydrogen (secondary N) is 3. The number of likely N-dealkylation sites (tertiary alicyclic amines) is 6. The van der Waals surface area contributed by atoms with E-state index in [4.69, 9.17) is 34.6 Å². The number of carbonyl (C=O) groups is 5. The topological polar surface area (TPSA) is 291 Å². The third-order valence-corrected chi connectivity index (χ3v) is 34.8. The third kappa shape index (κ3) is 17.3. The highest BCUT2D eigenvalue weighted by Gasteiger charge is 2.60. The number of imidazole rings is 3. The number of aryl methyl sites for hydroxylation is 1. The Morgan fingerprint density at radius 3 is 1.06 bits per heavy atom. The van der Waals surface area contributed by atoms with Gasteiger partial charge in [-0.05, 0) is 273 Å². The highest BCUT2D eigenvalue weighted by atomic mass is 19.1. The van der Waals surface area contributed by atoms with Crippen LogP contribution in [0.1, 0.15) is 218 Å². The molecule has 19 heterocycles. The van der Waals surface area contributed by atoms with E-state index in [1.807, 2.05) is 43.5 Å². The molecule has 0 unspecified atom stereocenters. The average molecular weight is 1970 g/mol. The summed E-state index contributed by atoms with van der Waals surface area (Å²) in [5, 5.41) is 9.69. The summed E-state index contributed by atoms with van der Waals surface area (Å²) in [6, 6.07) is 32.7. The number of nitrogens with zero attached hydrogens (tertiary/aromatic N) is 21. The fourth-order valence-electron chi connectivity index (χ4n) is 25.8. The van der Waals surface area contributed by atoms with Gasteiger partial charge >= 0.3 is 0 Å². The summed E-state index contributed by atoms with van der Waals surface area (Å²) in [4.78, 5) is 130. The van der Waals surface area contributed by atoms with Crippen LogP contribution in [0.5, 0.6) is 0 Å². The molecule has 9 aromatic heterocycles. The lowest BCUT2D eigenvalue weighted by atomic mass is 9.73. The molecule has 5 amide bonds. The highest BCUT2D eigenvalue weighted by molar-refractivity contribution is 6.12. The monoisotopic (exact) mass is 1970 g/mol. The van der Waals surface area contributed by atoms with Gasteiger partial charge in [0.2, 0.25) is 29.5 Å². The molecule has 7 saturated heterocycles. The average Bonchev–Trinajstić information content (AvgIpc) is 1.56. The van der Waals surface area contributed by atoms with Crippen LogP contribution in [0, 0.1) is 17.5 Å². The van der Waals surface area contributed by atoms with E-state index in [-0.39, 0.29) is 71.1 Å². The maximum absolute atomic E-state index is 14.8. The van der Waals surface area contributed by atoms with Crippen molar-refractivity contribution >= 4 is 114 Å². The molecule has 12 aromatic rings. The van der Waals surface area contributed by atoms with Crippen molar-refractivity contribution in [3.05, 3.63) is 181 Å². The number of ether oxygens (including phenoxy) is 1. The molecule has 33 heteroatoms. The van der Waals surface area contributed by atoms with Gasteiger partial charge in [0.1, 0.15) is 16.6 Å². The number of hydrogen-bond donors (Lipinski definition) is 3. The minimum atomic E-state index is -0.631. The molecule has 13 aliphatic rings. The molecule has 3 N–H and O–H groups in total. The molecule has 3 aliphatic carbocycles. The number of anilines is 9. The second-order valence-electron chi connectivity index (χ2n) is 43.1. The second kappa shape index (κ2) is 39.3. The van der Waals surface area contributed by atoms with Crippen LogP contribution in [-0.4, -0.2) is 252 Å². The zero-order chi connectivity index (χ0) is 99.4. The van der Waals surface area contributed by atoms with Gasteiger partial charge in [-0.25, -0.2) is 43.1 Å². The molecule has 3 spiro atoms. The zero-order valence-corrected chi connectivity index (χ0v) is 84.2. The van der Waals surface area contributed by atoms with Crippen LogP contribution in [0.15, 0.2) is 147 Å². The lowest BCUT2D eigenvalue weighted by Gasteiger charge is -2.48. The van der Waals surface area contributed by atoms with E-state index < -0.39 is 33.7 Å². The van der Waals surface area contributed by atoms with E-state index >= 15 is 0 Å². The fraction of sp³-hybridized carbons (Fsp3) is 0.500. The van der Waals surface area contributed by atoms with Crippen molar-refractivity contribution < 1.29 is 41.9 Å². The van der Waals surface area contributed by atoms with Gasteiger partial charge in [-0.3, -0.25) is 43.8 Å². The molecule has 10 aliphatic heterocycles. The van der Waals surface area contributed by atoms with Crippen LogP contribution in [0.4, 0.5) is 64.7 Å². The Bertz CT molecular complexity index is 6940. The van der Waals surface area contributed by atoms with Crippen LogP contribution in [-0.2, 0) is 51.5 Å². The molecule has 0 radical (unpaired) electrons. The number of halogens is 3. The molecular formula is C112H131F3N24O6. The van der Waals surface area contributed by atoms with Crippen LogP contribution < -0.4 is 30.7 Å². The van der Waals surface area contributed by atoms with Crippen molar-refractivity contribution in [3.63, 3.8) is 0 Å². The number of rotatable bonds is 20. The van der Waals surface area contributed by atoms with Gasteiger partial charge in [0.05, 0.1) is 124 Å². The fourth-order valence-corrected chi connectivity index (χ4v) is 25.8. The number of carbonyl (C=O) groups excluding carboxylic acids is 5. The Morgan fingerprint density at radius 2 is 0.731 bits per heavy atom. The van der Waals surface area contributed by atoms with Gasteiger partial charge in [0, 0.05) is 147 Å². The van der Waals surface area contributed by atoms with Gasteiger partial charge in [0.25, 0.3) is 0 Å². The third-order valence-electron chi connectivity index (χ3n) is 34.8. The summed E-state index contributed by atoms with van der Waals surface area (Å²) in [6.45, 7) is 27.1. The van der Waals surface area contributed by atoms with E-state index in [0.717, 1.165) is 200 Å². The lowest BCUT2D eigenvalue weighted by Crippen LogP contribution is -2.59. The van der Waals surface area contributed by atoms with E-state index in [1.54, 1.807) is 63.3 Å². The first kappa shape index (κ1) is 95.8. The maximum Gasteiger partial charge on any atom is 0.238 e. The van der Waals surface area contributed by atoms with Crippen molar-refractivity contribution in [2.24, 2.45) is 0 Å². The van der Waals surface area contributed by atoms with E-state index in [1.165, 1.54) is 89.5 Å². The van der Waals surface area contributed by atoms with Crippen molar-refractivity contribution in [1.29, 1.82) is 0 Å². The SMILES string of the molecule is CC(=O)N1CCC2(CC1)C(=O)N(C1CC(N3CCCCC3)C1)c1cc(-c3cc4ncn(C(C)C)c4c(Nc4ccncc4F)n3)ccc12.CC[C@H](C)n1cnc2cc(-c3ccc4c(c3)N(C3CC(N5CCCCC5)C3)C(=O)C43CCN(C(C)=O)CC3)nc(Nc3ccncc3F)c21.CCn1cnc2cc(-c3ccc4c(c3)N(C3CC(N5CCCCC5)C3)C(=O)C43CCN(C4COC4)CC3)nc(Nc3ccncc3F)c21. The molecule has 756 valence electrons. The predicted octanol–water partition coefficient (Wildman–Crippen LogP) is 18.3. The van der Waals surface area contributed by atoms with Gasteiger partial charge in [-0.2, -0.15) is 0 Å². The summed E-state index contributed by atoms with van der Waals surface area (Å²) in [5.74, 6) is 0.923. The molecule has 0 bridgehead atoms. The van der Waals surface area contributed by atoms with Crippen LogP contribution in [0.25, 0.3) is 66.9 Å². The lowest BCUT2D eigenvalue weighted by molar-refractivity contribution is -0.134. The van der Waals surface area contributed by atoms with Gasteiger partial charge < -0.3 is 73.6 Å². The molecule has 30 nitrogen and oxygen atoms in total. The molecule has 10 fully saturated rings. The van der Waals surface area contributed by atoms with E-state index in [2.05, 4.69) is 159 Å². The Hall–Kier alpha value is -12.7. The minimum Gasteiger partial charge on any atom is -0.378 e. The number of hydrogen-bond acceptors (Lipinski definition) is 22. The van der Waals surface area contributed by atoms with Crippen molar-refractivity contribution in [1.82, 2.24) is 88.0 Å². The number of aromatic nitrogens is 12. The summed E-state index contributed by atoms with van der Waals surface area (Å²) < 4.78 is 56.0. The Morgan fingerprint density at radius 1 is 0.400 bits per heavy atom. The van der Waals surface area contributed by atoms with Crippen molar-refractivity contribution in [3.8, 4) is 33.8 Å². The largest absolute Gasteiger partial charge is 0.378 e. The Kier molecular flexibility index (Phi) is 25.9. The van der Waals surface area contributed by atoms with E-state index in [0.29, 0.717) is 117 Å². The van der Waals surface area contributed by atoms with Crippen LogP contribution >= 0.6 is 0 Å². The van der Waals surface area contributed by atoms with Crippen LogP contribution in [0.2, 0.25) is 0 Å². The maximum atomic E-state index is 14.8. The standard InChI is InChI=1S/C38H45FN8O2.2C37H43FN8O2/c1-4-24(2)46-23-41-33-21-32(43-36(35(33)46)42-31-10-13-40-22-30(31)39)26-8-9-29-34(18-26)47(28-19-27(20-28)45-14-6-5-7-15-45)37(49)38(29)11-16-44(17-12-38)25(3)48;1-2-43-23-40-32-19-31(42-35(34(32)43)41-30-8-11-39-20-29(30)38)24-6-7-28-33(16-24)46(26-17-25(18-26)44-12-4-3-5-13-44)36(47)37(28)9-14-45(15-10-37)27-21-48-22-27;1-23(2)45-22-40-32-20-31(42-35(34(32)45)41-30-9-12-39-21-29(30)38)25-7-8-28-33(17-25)46(27-18-26(19-27)44-13-5-4-6-14-44)36(48)37(28)10-15-43(16-11-37)24(3)47/h8-10,13,18,21-24,27-28H,4-7,11-12,14-17,19-20H2,1-3H3,(H,40,42,43);6-8,11,16,19-20,23,25-27H,2-5,9-10,12-15,17-18,21-22H2,1H3,(H,39,41,42);7-9,12,17,20-23,26-27H,4-6,10-11,13-16,18-19H2,1-3H3,(H,39,41,42)/t24-,27?,28?;;/m0../s1. The summed E-state index contributed by atoms with van der Waals surface area (Å²) in [7, 11) is 0. The van der Waals surface area contributed by atoms with Crippen molar-refractivity contribution in [2.75, 3.05) is 122 Å². The number of pyridine rings is 6. The van der Waals surface area contributed by atoms with Crippen LogP contribution in [0.3, 0.4) is 0 Å². The highest BCUT2D eigenvalue weighted by Crippen LogP contribution is 2.57. The number of piperidine rings is 6. The minimum absolute atomic E-state index is 0.0588. The molecule has 3 saturated carbocycles. The molecule has 1 atom stereocenters. The molecule has 3 aromatic carbocycles. The smallest absolute Gasteiger partial charge is 0.238 e. The quantitative estimate of drug-likeness (QED) is 0.0639. The second-order valence-corrected chi connectivity index (χ2v) is 43.1. The molecule has 145 heavy (non-hydrogen) atoms. The Labute approximate surface area is 843 Å². The van der Waals surface area contributed by atoms with Gasteiger partial charge in [-0.15, -0.1) is 0 Å². The molecule has 25 rings (SSSR count). The van der Waals surface area contributed by atoms with Gasteiger partial charge in [-0.1, -0.05) is 62.6 Å². The first-order valence-electron chi connectivity index (χ1n) is 53.2. The summed E-state index contributed by atoms with van der Waals surface area (Å²) in [5.41, 5.74) is 14.8. The zero-order valence-electron chi connectivity index (χ0n) is 84.2. The number of benzene rings is 3.